The lowest BCUT2D eigenvalue weighted by Gasteiger charge is -1.96. The molecule has 0 aliphatic carbocycles. The van der Waals surface area contributed by atoms with E-state index in [9.17, 15) is 0 Å². The smallest absolute Gasteiger partial charge is 0.0932 e. The average Bonchev–Trinajstić information content (AvgIpc) is 2.62. The van der Waals surface area contributed by atoms with Gasteiger partial charge in [-0.05, 0) is 55.3 Å². The molecule has 2 aromatic heterocycles. The lowest BCUT2D eigenvalue weighted by Crippen LogP contribution is -2.28. The lowest BCUT2D eigenvalue weighted by atomic mass is 10.1. The van der Waals surface area contributed by atoms with Crippen molar-refractivity contribution in [3.8, 4) is 0 Å². The van der Waals surface area contributed by atoms with Crippen LogP contribution < -0.4 is 10.6 Å². The van der Waals surface area contributed by atoms with Crippen molar-refractivity contribution >= 4 is 22.6 Å². The zero-order valence-electron chi connectivity index (χ0n) is 13.8. The first-order chi connectivity index (χ1) is 11.2. The molecule has 1 aromatic carbocycles. The van der Waals surface area contributed by atoms with Crippen LogP contribution in [0.3, 0.4) is 0 Å². The molecule has 3 aromatic rings. The first-order valence-electron chi connectivity index (χ1n) is 7.55. The first kappa shape index (κ1) is 16.6. The highest BCUT2D eigenvalue weighted by Gasteiger charge is 1.94. The molecule has 2 heterocycles. The van der Waals surface area contributed by atoms with E-state index < -0.39 is 0 Å². The molecule has 0 amide bonds. The number of fused-ring (bicyclic) bond motifs is 1. The van der Waals surface area contributed by atoms with Crippen molar-refractivity contribution in [2.24, 2.45) is 0 Å². The van der Waals surface area contributed by atoms with Gasteiger partial charge in [-0.2, -0.15) is 10.2 Å². The summed E-state index contributed by atoms with van der Waals surface area (Å²) in [4.78, 5) is 4.28. The molecule has 23 heavy (non-hydrogen) atoms. The van der Waals surface area contributed by atoms with Gasteiger partial charge in [0.1, 0.15) is 0 Å². The highest BCUT2D eigenvalue weighted by molar-refractivity contribution is 5.80. The molecule has 3 heteroatoms. The van der Waals surface area contributed by atoms with Crippen LogP contribution in [0.5, 0.6) is 0 Å². The number of hydrogen-bond acceptors (Lipinski definition) is 3. The van der Waals surface area contributed by atoms with Gasteiger partial charge < -0.3 is 0 Å². The molecule has 3 rings (SSSR count). The van der Waals surface area contributed by atoms with E-state index in [1.54, 1.807) is 12.4 Å². The van der Waals surface area contributed by atoms with Crippen LogP contribution in [0.4, 0.5) is 0 Å². The summed E-state index contributed by atoms with van der Waals surface area (Å²) in [6, 6.07) is 12.0. The van der Waals surface area contributed by atoms with E-state index in [0.29, 0.717) is 0 Å². The standard InChI is InChI=1S/C11H13N.C9H8N2/c1-4-9(3)11-10(5-2)7-6-8-12-11;1-7-3-2-4-9-8(7)5-6-10-11-9/h4-8H,1H2,2-3H3;2-6H,1H3/b10-5-,11-9+;. The van der Waals surface area contributed by atoms with Gasteiger partial charge in [0.2, 0.25) is 0 Å². The largest absolute Gasteiger partial charge is 0.256 e. The second-order valence-electron chi connectivity index (χ2n) is 5.16. The van der Waals surface area contributed by atoms with Crippen LogP contribution in [0.25, 0.3) is 22.6 Å². The maximum atomic E-state index is 4.28. The second kappa shape index (κ2) is 7.99. The Morgan fingerprint density at radius 2 is 1.91 bits per heavy atom. The van der Waals surface area contributed by atoms with Gasteiger partial charge >= 0.3 is 0 Å². The number of nitrogens with zero attached hydrogens (tertiary/aromatic N) is 3. The topological polar surface area (TPSA) is 38.7 Å². The Balaban J connectivity index is 0.000000167. The zero-order chi connectivity index (χ0) is 16.7. The van der Waals surface area contributed by atoms with Gasteiger partial charge in [0.25, 0.3) is 0 Å². The number of pyridine rings is 1. The zero-order valence-corrected chi connectivity index (χ0v) is 13.8. The molecular weight excluding hydrogens is 282 g/mol. The third-order valence-corrected chi connectivity index (χ3v) is 3.60. The fourth-order valence-corrected chi connectivity index (χ4v) is 2.25. The molecule has 0 N–H and O–H groups in total. The first-order valence-corrected chi connectivity index (χ1v) is 7.55. The van der Waals surface area contributed by atoms with E-state index in [1.807, 2.05) is 44.2 Å². The molecule has 0 saturated carbocycles. The summed E-state index contributed by atoms with van der Waals surface area (Å²) < 4.78 is 0. The Kier molecular flexibility index (Phi) is 5.75. The molecule has 0 fully saturated rings. The summed E-state index contributed by atoms with van der Waals surface area (Å²) in [5.74, 6) is 0. The molecular formula is C20H21N3. The highest BCUT2D eigenvalue weighted by atomic mass is 15.1. The van der Waals surface area contributed by atoms with Crippen molar-refractivity contribution in [1.82, 2.24) is 15.2 Å². The number of aromatic nitrogens is 3. The van der Waals surface area contributed by atoms with Gasteiger partial charge in [0, 0.05) is 11.6 Å². The summed E-state index contributed by atoms with van der Waals surface area (Å²) >= 11 is 0. The molecule has 3 nitrogen and oxygen atoms in total. The van der Waals surface area contributed by atoms with E-state index in [2.05, 4.69) is 46.9 Å². The van der Waals surface area contributed by atoms with E-state index in [4.69, 9.17) is 0 Å². The Bertz CT molecular complexity index is 922. The van der Waals surface area contributed by atoms with Crippen LogP contribution in [0.15, 0.2) is 61.4 Å². The van der Waals surface area contributed by atoms with Crippen LogP contribution in [0.1, 0.15) is 19.4 Å². The monoisotopic (exact) mass is 303 g/mol. The molecule has 0 aliphatic heterocycles. The summed E-state index contributed by atoms with van der Waals surface area (Å²) in [5.41, 5.74) is 3.33. The minimum atomic E-state index is 0.965. The van der Waals surface area contributed by atoms with Crippen LogP contribution >= 0.6 is 0 Å². The minimum absolute atomic E-state index is 0.965. The predicted molar refractivity (Wildman–Crippen MR) is 97.2 cm³/mol. The number of benzene rings is 1. The van der Waals surface area contributed by atoms with E-state index in [-0.39, 0.29) is 0 Å². The van der Waals surface area contributed by atoms with Crippen molar-refractivity contribution in [2.45, 2.75) is 20.8 Å². The van der Waals surface area contributed by atoms with Crippen molar-refractivity contribution in [2.75, 3.05) is 0 Å². The van der Waals surface area contributed by atoms with E-state index in [0.717, 1.165) is 21.7 Å². The van der Waals surface area contributed by atoms with Crippen molar-refractivity contribution < 1.29 is 0 Å². The third kappa shape index (κ3) is 4.10. The van der Waals surface area contributed by atoms with E-state index in [1.165, 1.54) is 10.9 Å². The number of allylic oxidation sites excluding steroid dienone is 1. The second-order valence-corrected chi connectivity index (χ2v) is 5.16. The van der Waals surface area contributed by atoms with Gasteiger partial charge in [-0.25, -0.2) is 0 Å². The Morgan fingerprint density at radius 3 is 2.61 bits per heavy atom. The maximum absolute atomic E-state index is 4.28. The van der Waals surface area contributed by atoms with Gasteiger partial charge in [-0.15, -0.1) is 0 Å². The SMILES string of the molecule is C=C/C(C)=c1/nccc/c1=C/C.Cc1cccc2nnccc12. The van der Waals surface area contributed by atoms with Crippen LogP contribution in [-0.4, -0.2) is 15.2 Å². The van der Waals surface area contributed by atoms with Gasteiger partial charge in [-0.3, -0.25) is 4.98 Å². The average molecular weight is 303 g/mol. The fraction of sp³-hybridized carbons (Fsp3) is 0.150. The van der Waals surface area contributed by atoms with Crippen LogP contribution in [0, 0.1) is 6.92 Å². The lowest BCUT2D eigenvalue weighted by molar-refractivity contribution is 1.07. The normalized spacial score (nSPS) is 12.4. The molecule has 0 unspecified atom stereocenters. The molecule has 0 bridgehead atoms. The molecule has 116 valence electrons. The third-order valence-electron chi connectivity index (χ3n) is 3.60. The Hall–Kier alpha value is -2.81. The Labute approximate surface area is 136 Å². The van der Waals surface area contributed by atoms with Crippen molar-refractivity contribution in [1.29, 1.82) is 0 Å². The molecule has 0 spiro atoms. The summed E-state index contributed by atoms with van der Waals surface area (Å²) in [7, 11) is 0. The predicted octanol–water partition coefficient (Wildman–Crippen LogP) is 3.18. The van der Waals surface area contributed by atoms with Gasteiger partial charge in [-0.1, -0.05) is 36.9 Å². The highest BCUT2D eigenvalue weighted by Crippen LogP contribution is 2.13. The number of rotatable bonds is 1. The number of hydrogen-bond donors (Lipinski definition) is 0. The maximum Gasteiger partial charge on any atom is 0.0932 e. The Morgan fingerprint density at radius 1 is 1.09 bits per heavy atom. The van der Waals surface area contributed by atoms with Gasteiger partial charge in [0.15, 0.2) is 0 Å². The minimum Gasteiger partial charge on any atom is -0.256 e. The molecule has 0 atom stereocenters. The molecule has 0 saturated heterocycles. The molecule has 0 aliphatic rings. The van der Waals surface area contributed by atoms with E-state index >= 15 is 0 Å². The summed E-state index contributed by atoms with van der Waals surface area (Å²) in [6.45, 7) is 9.82. The van der Waals surface area contributed by atoms with Crippen LogP contribution in [0.2, 0.25) is 0 Å². The molecule has 0 radical (unpaired) electrons. The number of aryl methyl sites for hydroxylation is 1. The summed E-state index contributed by atoms with van der Waals surface area (Å²) in [6.07, 6.45) is 7.40. The van der Waals surface area contributed by atoms with Crippen LogP contribution in [-0.2, 0) is 0 Å². The van der Waals surface area contributed by atoms with Crippen molar-refractivity contribution in [3.63, 3.8) is 0 Å². The fourth-order valence-electron chi connectivity index (χ4n) is 2.25. The van der Waals surface area contributed by atoms with Crippen molar-refractivity contribution in [3.05, 3.63) is 77.6 Å². The summed E-state index contributed by atoms with van der Waals surface area (Å²) in [5, 5.41) is 11.2. The quantitative estimate of drug-likeness (QED) is 0.693. The van der Waals surface area contributed by atoms with Gasteiger partial charge in [0.05, 0.1) is 17.1 Å².